The number of benzene rings is 1. The van der Waals surface area contributed by atoms with E-state index in [1.807, 2.05) is 6.92 Å². The first-order chi connectivity index (χ1) is 13.6. The van der Waals surface area contributed by atoms with E-state index in [4.69, 9.17) is 9.47 Å². The lowest BCUT2D eigenvalue weighted by Gasteiger charge is -2.26. The van der Waals surface area contributed by atoms with Crippen molar-refractivity contribution in [3.63, 3.8) is 0 Å². The molecule has 0 radical (unpaired) electrons. The van der Waals surface area contributed by atoms with E-state index in [-0.39, 0.29) is 36.3 Å². The van der Waals surface area contributed by atoms with Gasteiger partial charge in [0.25, 0.3) is 0 Å². The Hall–Kier alpha value is -1.40. The minimum Gasteiger partial charge on any atom is -0.497 e. The number of aliphatic imine (C=N–C) groups is 1. The summed E-state index contributed by atoms with van der Waals surface area (Å²) in [6.45, 7) is 5.27. The van der Waals surface area contributed by atoms with Crippen molar-refractivity contribution in [3.8, 4) is 11.5 Å². The number of guanidine groups is 1. The fourth-order valence-corrected chi connectivity index (χ4v) is 2.86. The summed E-state index contributed by atoms with van der Waals surface area (Å²) in [4.78, 5) is 6.87. The van der Waals surface area contributed by atoms with E-state index >= 15 is 0 Å². The van der Waals surface area contributed by atoms with Crippen molar-refractivity contribution in [1.82, 2.24) is 15.5 Å². The summed E-state index contributed by atoms with van der Waals surface area (Å²) in [5.74, 6) is 1.30. The fourth-order valence-electron chi connectivity index (χ4n) is 2.86. The van der Waals surface area contributed by atoms with Crippen LogP contribution in [0, 0.1) is 0 Å². The molecule has 1 aliphatic rings. The molecule has 0 spiro atoms. The maximum absolute atomic E-state index is 12.6. The van der Waals surface area contributed by atoms with Crippen LogP contribution in [0.25, 0.3) is 0 Å². The van der Waals surface area contributed by atoms with Gasteiger partial charge in [-0.3, -0.25) is 4.90 Å². The highest BCUT2D eigenvalue weighted by Crippen LogP contribution is 2.26. The Labute approximate surface area is 188 Å². The number of rotatable bonds is 10. The van der Waals surface area contributed by atoms with Gasteiger partial charge >= 0.3 is 6.61 Å². The lowest BCUT2D eigenvalue weighted by Crippen LogP contribution is -2.40. The SMILES string of the molecule is CCNC(=NCc1cc(OC)ccc1OC(F)F)NCCCN1CCOCC1.I. The zero-order valence-electron chi connectivity index (χ0n) is 17.0. The number of nitrogens with zero attached hydrogens (tertiary/aromatic N) is 2. The maximum Gasteiger partial charge on any atom is 0.387 e. The molecule has 1 aromatic carbocycles. The van der Waals surface area contributed by atoms with E-state index in [9.17, 15) is 8.78 Å². The van der Waals surface area contributed by atoms with E-state index in [2.05, 4.69) is 25.3 Å². The second-order valence-electron chi connectivity index (χ2n) is 6.28. The van der Waals surface area contributed by atoms with Crippen LogP contribution in [-0.2, 0) is 11.3 Å². The second-order valence-corrected chi connectivity index (χ2v) is 6.28. The van der Waals surface area contributed by atoms with Crippen LogP contribution < -0.4 is 20.1 Å². The molecule has 1 saturated heterocycles. The van der Waals surface area contributed by atoms with E-state index in [1.165, 1.54) is 13.2 Å². The molecular formula is C19H31F2IN4O3. The van der Waals surface area contributed by atoms with Gasteiger partial charge in [-0.25, -0.2) is 4.99 Å². The van der Waals surface area contributed by atoms with Crippen LogP contribution in [0.3, 0.4) is 0 Å². The van der Waals surface area contributed by atoms with Crippen molar-refractivity contribution in [2.75, 3.05) is 53.0 Å². The van der Waals surface area contributed by atoms with E-state index < -0.39 is 6.61 Å². The van der Waals surface area contributed by atoms with Crippen LogP contribution in [0.2, 0.25) is 0 Å². The summed E-state index contributed by atoms with van der Waals surface area (Å²) in [6.07, 6.45) is 0.976. The van der Waals surface area contributed by atoms with Gasteiger partial charge in [-0.2, -0.15) is 8.78 Å². The highest BCUT2D eigenvalue weighted by atomic mass is 127. The van der Waals surface area contributed by atoms with Crippen LogP contribution in [0.5, 0.6) is 11.5 Å². The molecule has 2 N–H and O–H groups in total. The number of morpholine rings is 1. The molecule has 0 atom stereocenters. The van der Waals surface area contributed by atoms with Crippen molar-refractivity contribution < 1.29 is 23.0 Å². The van der Waals surface area contributed by atoms with Crippen molar-refractivity contribution in [1.29, 1.82) is 0 Å². The molecule has 1 aliphatic heterocycles. The lowest BCUT2D eigenvalue weighted by molar-refractivity contribution is -0.0504. The van der Waals surface area contributed by atoms with Gasteiger partial charge in [0.05, 0.1) is 26.9 Å². The molecule has 0 amide bonds. The molecule has 0 aliphatic carbocycles. The highest BCUT2D eigenvalue weighted by molar-refractivity contribution is 14.0. The molecule has 166 valence electrons. The Balaban J connectivity index is 0.00000420. The predicted octanol–water partition coefficient (Wildman–Crippen LogP) is 2.69. The van der Waals surface area contributed by atoms with Crippen molar-refractivity contribution in [2.24, 2.45) is 4.99 Å². The third-order valence-electron chi connectivity index (χ3n) is 4.28. The van der Waals surface area contributed by atoms with Crippen LogP contribution >= 0.6 is 24.0 Å². The average molecular weight is 528 g/mol. The summed E-state index contributed by atoms with van der Waals surface area (Å²) >= 11 is 0. The Morgan fingerprint density at radius 2 is 2.03 bits per heavy atom. The first kappa shape index (κ1) is 25.6. The number of halogens is 3. The van der Waals surface area contributed by atoms with Crippen molar-refractivity contribution in [3.05, 3.63) is 23.8 Å². The van der Waals surface area contributed by atoms with Crippen LogP contribution in [0.15, 0.2) is 23.2 Å². The first-order valence-electron chi connectivity index (χ1n) is 9.56. The molecule has 29 heavy (non-hydrogen) atoms. The first-order valence-corrected chi connectivity index (χ1v) is 9.56. The molecule has 2 rings (SSSR count). The monoisotopic (exact) mass is 528 g/mol. The van der Waals surface area contributed by atoms with Crippen molar-refractivity contribution in [2.45, 2.75) is 26.5 Å². The molecular weight excluding hydrogens is 497 g/mol. The molecule has 7 nitrogen and oxygen atoms in total. The minimum absolute atomic E-state index is 0. The molecule has 1 heterocycles. The third-order valence-corrected chi connectivity index (χ3v) is 4.28. The van der Waals surface area contributed by atoms with E-state index in [0.717, 1.165) is 45.8 Å². The van der Waals surface area contributed by atoms with Gasteiger partial charge in [0.1, 0.15) is 11.5 Å². The van der Waals surface area contributed by atoms with Gasteiger partial charge in [-0.15, -0.1) is 24.0 Å². The van der Waals surface area contributed by atoms with E-state index in [0.29, 0.717) is 23.8 Å². The van der Waals surface area contributed by atoms with Gasteiger partial charge in [-0.05, 0) is 38.1 Å². The van der Waals surface area contributed by atoms with Crippen LogP contribution in [-0.4, -0.2) is 70.5 Å². The normalized spacial score (nSPS) is 15.0. The quantitative estimate of drug-likeness (QED) is 0.211. The summed E-state index contributed by atoms with van der Waals surface area (Å²) < 4.78 is 40.4. The second kappa shape index (κ2) is 14.6. The average Bonchev–Trinajstić information content (AvgIpc) is 2.70. The molecule has 0 unspecified atom stereocenters. The predicted molar refractivity (Wildman–Crippen MR) is 120 cm³/mol. The number of hydrogen-bond donors (Lipinski definition) is 2. The molecule has 1 aromatic rings. The van der Waals surface area contributed by atoms with Crippen molar-refractivity contribution >= 4 is 29.9 Å². The summed E-state index contributed by atoms with van der Waals surface area (Å²) in [6, 6.07) is 4.71. The smallest absolute Gasteiger partial charge is 0.387 e. The summed E-state index contributed by atoms with van der Waals surface area (Å²) in [7, 11) is 1.52. The Morgan fingerprint density at radius 3 is 2.69 bits per heavy atom. The summed E-state index contributed by atoms with van der Waals surface area (Å²) in [5.41, 5.74) is 0.533. The molecule has 0 aromatic heterocycles. The van der Waals surface area contributed by atoms with Gasteiger partial charge < -0.3 is 24.8 Å². The number of methoxy groups -OCH3 is 1. The van der Waals surface area contributed by atoms with Crippen LogP contribution in [0.4, 0.5) is 8.78 Å². The van der Waals surface area contributed by atoms with Gasteiger partial charge in [0.15, 0.2) is 5.96 Å². The third kappa shape index (κ3) is 9.77. The lowest BCUT2D eigenvalue weighted by atomic mass is 10.2. The minimum atomic E-state index is -2.89. The number of nitrogens with one attached hydrogen (secondary N) is 2. The number of ether oxygens (including phenoxy) is 3. The zero-order chi connectivity index (χ0) is 20.2. The molecule has 10 heteroatoms. The molecule has 0 bridgehead atoms. The van der Waals surface area contributed by atoms with E-state index in [1.54, 1.807) is 12.1 Å². The Kier molecular flexibility index (Phi) is 12.9. The number of hydrogen-bond acceptors (Lipinski definition) is 5. The topological polar surface area (TPSA) is 67.4 Å². The van der Waals surface area contributed by atoms with Crippen LogP contribution in [0.1, 0.15) is 18.9 Å². The van der Waals surface area contributed by atoms with Gasteiger partial charge in [0, 0.05) is 31.7 Å². The zero-order valence-corrected chi connectivity index (χ0v) is 19.3. The number of alkyl halides is 2. The fraction of sp³-hybridized carbons (Fsp3) is 0.632. The summed E-state index contributed by atoms with van der Waals surface area (Å²) in [5, 5.41) is 6.45. The molecule has 0 saturated carbocycles. The largest absolute Gasteiger partial charge is 0.497 e. The van der Waals surface area contributed by atoms with Gasteiger partial charge in [-0.1, -0.05) is 0 Å². The van der Waals surface area contributed by atoms with Gasteiger partial charge in [0.2, 0.25) is 0 Å². The standard InChI is InChI=1S/C19H30F2N4O3.HI/c1-3-22-19(23-7-4-8-25-9-11-27-12-10-25)24-14-15-13-16(26-2)5-6-17(15)28-18(20)21;/h5-6,13,18H,3-4,7-12,14H2,1-2H3,(H2,22,23,24);1H. The molecule has 1 fully saturated rings. The Morgan fingerprint density at radius 1 is 1.28 bits per heavy atom. The Bertz CT molecular complexity index is 617. The maximum atomic E-state index is 12.6. The highest BCUT2D eigenvalue weighted by Gasteiger charge is 2.12.